The molecular weight excluding hydrogens is 254 g/mol. The van der Waals surface area contributed by atoms with Crippen molar-refractivity contribution in [1.29, 1.82) is 0 Å². The van der Waals surface area contributed by atoms with Gasteiger partial charge in [-0.3, -0.25) is 14.8 Å². The van der Waals surface area contributed by atoms with E-state index in [-0.39, 0.29) is 0 Å². The van der Waals surface area contributed by atoms with Crippen LogP contribution in [0.1, 0.15) is 5.56 Å². The lowest BCUT2D eigenvalue weighted by Gasteiger charge is -2.05. The van der Waals surface area contributed by atoms with Crippen LogP contribution in [-0.4, -0.2) is 16.5 Å². The summed E-state index contributed by atoms with van der Waals surface area (Å²) in [5.41, 5.74) is 0.184. The van der Waals surface area contributed by atoms with Crippen molar-refractivity contribution < 1.29 is 0 Å². The van der Waals surface area contributed by atoms with Gasteiger partial charge in [0, 0.05) is 17.6 Å². The number of H-pyrrole nitrogens is 2. The Labute approximate surface area is 108 Å². The number of benzene rings is 1. The molecule has 0 atom stereocenters. The number of hydrogen-bond donors (Lipinski definition) is 3. The van der Waals surface area contributed by atoms with E-state index in [0.29, 0.717) is 17.4 Å². The number of rotatable bonds is 4. The molecule has 18 heavy (non-hydrogen) atoms. The van der Waals surface area contributed by atoms with E-state index in [1.165, 1.54) is 6.07 Å². The normalized spacial score (nSPS) is 10.3. The monoisotopic (exact) mass is 265 g/mol. The van der Waals surface area contributed by atoms with Crippen LogP contribution < -0.4 is 16.6 Å². The van der Waals surface area contributed by atoms with Crippen molar-refractivity contribution in [3.05, 3.63) is 61.8 Å². The van der Waals surface area contributed by atoms with Crippen LogP contribution in [0.2, 0.25) is 5.02 Å². The average Bonchev–Trinajstić information content (AvgIpc) is 2.30. The van der Waals surface area contributed by atoms with Crippen molar-refractivity contribution in [3.8, 4) is 0 Å². The number of halogens is 1. The fourth-order valence-corrected chi connectivity index (χ4v) is 1.68. The average molecular weight is 266 g/mol. The lowest BCUT2D eigenvalue weighted by Crippen LogP contribution is -2.23. The zero-order chi connectivity index (χ0) is 13.0. The van der Waals surface area contributed by atoms with Crippen molar-refractivity contribution in [2.45, 2.75) is 6.42 Å². The maximum Gasteiger partial charge on any atom is 0.327 e. The minimum absolute atomic E-state index is 0.415. The Morgan fingerprint density at radius 1 is 1.11 bits per heavy atom. The summed E-state index contributed by atoms with van der Waals surface area (Å²) in [6.45, 7) is 0.612. The summed E-state index contributed by atoms with van der Waals surface area (Å²) in [5.74, 6) is 0.415. The van der Waals surface area contributed by atoms with E-state index < -0.39 is 11.2 Å². The molecule has 1 heterocycles. The van der Waals surface area contributed by atoms with Gasteiger partial charge < -0.3 is 5.32 Å². The predicted molar refractivity (Wildman–Crippen MR) is 71.3 cm³/mol. The van der Waals surface area contributed by atoms with E-state index in [1.807, 2.05) is 24.3 Å². The molecular formula is C12H12ClN3O2. The molecule has 0 aliphatic carbocycles. The minimum Gasteiger partial charge on any atom is -0.371 e. The maximum absolute atomic E-state index is 11.1. The summed E-state index contributed by atoms with van der Waals surface area (Å²) in [4.78, 5) is 26.7. The first-order valence-electron chi connectivity index (χ1n) is 5.45. The number of anilines is 1. The molecule has 5 nitrogen and oxygen atoms in total. The van der Waals surface area contributed by atoms with Crippen molar-refractivity contribution >= 4 is 17.4 Å². The third kappa shape index (κ3) is 3.49. The summed E-state index contributed by atoms with van der Waals surface area (Å²) < 4.78 is 0. The number of hydrogen-bond acceptors (Lipinski definition) is 3. The van der Waals surface area contributed by atoms with E-state index in [9.17, 15) is 9.59 Å². The molecule has 6 heteroatoms. The molecule has 2 aromatic rings. The fraction of sp³-hybridized carbons (Fsp3) is 0.167. The standard InChI is InChI=1S/C12H12ClN3O2/c13-9-3-1-8(2-4-9)5-6-14-10-7-11(17)16-12(18)15-10/h1-4,7H,5-6H2,(H3,14,15,16,17,18). The summed E-state index contributed by atoms with van der Waals surface area (Å²) >= 11 is 5.78. The van der Waals surface area contributed by atoms with Crippen LogP contribution in [0.15, 0.2) is 39.9 Å². The molecule has 0 aliphatic rings. The zero-order valence-corrected chi connectivity index (χ0v) is 10.3. The van der Waals surface area contributed by atoms with E-state index in [0.717, 1.165) is 12.0 Å². The van der Waals surface area contributed by atoms with E-state index in [1.54, 1.807) is 0 Å². The first-order valence-corrected chi connectivity index (χ1v) is 5.83. The predicted octanol–water partition coefficient (Wildman–Crippen LogP) is 1.37. The van der Waals surface area contributed by atoms with Gasteiger partial charge >= 0.3 is 5.69 Å². The smallest absolute Gasteiger partial charge is 0.327 e. The van der Waals surface area contributed by atoms with E-state index in [2.05, 4.69) is 15.3 Å². The molecule has 94 valence electrons. The first-order chi connectivity index (χ1) is 8.63. The highest BCUT2D eigenvalue weighted by molar-refractivity contribution is 6.30. The van der Waals surface area contributed by atoms with Crippen LogP contribution in [0, 0.1) is 0 Å². The van der Waals surface area contributed by atoms with Gasteiger partial charge in [0.1, 0.15) is 5.82 Å². The van der Waals surface area contributed by atoms with Crippen LogP contribution in [0.3, 0.4) is 0 Å². The lowest BCUT2D eigenvalue weighted by atomic mass is 10.1. The second-order valence-corrected chi connectivity index (χ2v) is 4.24. The molecule has 2 rings (SSSR count). The zero-order valence-electron chi connectivity index (χ0n) is 9.50. The van der Waals surface area contributed by atoms with Gasteiger partial charge in [0.25, 0.3) is 5.56 Å². The topological polar surface area (TPSA) is 77.8 Å². The summed E-state index contributed by atoms with van der Waals surface area (Å²) in [6.07, 6.45) is 0.770. The number of nitrogens with one attached hydrogen (secondary N) is 3. The highest BCUT2D eigenvalue weighted by Gasteiger charge is 1.97. The Kier molecular flexibility index (Phi) is 3.84. The van der Waals surface area contributed by atoms with Crippen LogP contribution in [0.5, 0.6) is 0 Å². The SMILES string of the molecule is O=c1cc(NCCc2ccc(Cl)cc2)[nH]c(=O)[nH]1. The highest BCUT2D eigenvalue weighted by atomic mass is 35.5. The first kappa shape index (κ1) is 12.4. The third-order valence-corrected chi connectivity index (χ3v) is 2.65. The molecule has 0 fully saturated rings. The van der Waals surface area contributed by atoms with Gasteiger partial charge in [0.2, 0.25) is 0 Å². The minimum atomic E-state index is -0.517. The summed E-state index contributed by atoms with van der Waals surface area (Å²) in [7, 11) is 0. The number of aromatic amines is 2. The van der Waals surface area contributed by atoms with Gasteiger partial charge in [-0.05, 0) is 24.1 Å². The summed E-state index contributed by atoms with van der Waals surface area (Å²) in [6, 6.07) is 8.83. The Bertz CT molecular complexity index is 603. The number of aromatic nitrogens is 2. The Morgan fingerprint density at radius 3 is 2.50 bits per heavy atom. The molecule has 1 aromatic heterocycles. The Morgan fingerprint density at radius 2 is 1.83 bits per heavy atom. The molecule has 1 aromatic carbocycles. The largest absolute Gasteiger partial charge is 0.371 e. The van der Waals surface area contributed by atoms with E-state index in [4.69, 9.17) is 11.6 Å². The molecule has 0 saturated heterocycles. The van der Waals surface area contributed by atoms with Crippen LogP contribution in [0.25, 0.3) is 0 Å². The molecule has 0 amide bonds. The van der Waals surface area contributed by atoms with Crippen LogP contribution in [0.4, 0.5) is 5.82 Å². The quantitative estimate of drug-likeness (QED) is 0.781. The Hall–Kier alpha value is -2.01. The summed E-state index contributed by atoms with van der Waals surface area (Å²) in [5, 5.41) is 3.68. The maximum atomic E-state index is 11.1. The lowest BCUT2D eigenvalue weighted by molar-refractivity contribution is 0.974. The van der Waals surface area contributed by atoms with Gasteiger partial charge in [-0.25, -0.2) is 4.79 Å². The molecule has 3 N–H and O–H groups in total. The van der Waals surface area contributed by atoms with Gasteiger partial charge in [-0.1, -0.05) is 23.7 Å². The van der Waals surface area contributed by atoms with Gasteiger partial charge in [-0.2, -0.15) is 0 Å². The molecule has 0 bridgehead atoms. The second kappa shape index (κ2) is 5.55. The van der Waals surface area contributed by atoms with Crippen molar-refractivity contribution in [1.82, 2.24) is 9.97 Å². The van der Waals surface area contributed by atoms with E-state index >= 15 is 0 Å². The van der Waals surface area contributed by atoms with Crippen LogP contribution in [-0.2, 0) is 6.42 Å². The van der Waals surface area contributed by atoms with Gasteiger partial charge in [-0.15, -0.1) is 0 Å². The fourth-order valence-electron chi connectivity index (χ4n) is 1.56. The molecule has 0 unspecified atom stereocenters. The molecule has 0 spiro atoms. The molecule has 0 saturated carbocycles. The Balaban J connectivity index is 1.94. The molecule has 0 aliphatic heterocycles. The second-order valence-electron chi connectivity index (χ2n) is 3.80. The van der Waals surface area contributed by atoms with Crippen molar-refractivity contribution in [3.63, 3.8) is 0 Å². The molecule has 0 radical (unpaired) electrons. The van der Waals surface area contributed by atoms with Crippen molar-refractivity contribution in [2.24, 2.45) is 0 Å². The van der Waals surface area contributed by atoms with Gasteiger partial charge in [0.05, 0.1) is 0 Å². The highest BCUT2D eigenvalue weighted by Crippen LogP contribution is 2.09. The third-order valence-electron chi connectivity index (χ3n) is 2.40. The van der Waals surface area contributed by atoms with Crippen LogP contribution >= 0.6 is 11.6 Å². The van der Waals surface area contributed by atoms with Crippen molar-refractivity contribution in [2.75, 3.05) is 11.9 Å². The van der Waals surface area contributed by atoms with Gasteiger partial charge in [0.15, 0.2) is 0 Å².